The Morgan fingerprint density at radius 3 is 2.64 bits per heavy atom. The van der Waals surface area contributed by atoms with E-state index in [0.717, 1.165) is 24.0 Å². The topological polar surface area (TPSA) is 64.6 Å². The van der Waals surface area contributed by atoms with Gasteiger partial charge in [0.05, 0.1) is 7.11 Å². The number of fused-ring (bicyclic) bond motifs is 3. The molecule has 1 amide bonds. The monoisotopic (exact) mass is 373 g/mol. The lowest BCUT2D eigenvalue weighted by molar-refractivity contribution is -0.118. The molecule has 3 aromatic carbocycles. The quantitative estimate of drug-likeness (QED) is 0.517. The number of ether oxygens (including phenoxy) is 2. The molecule has 0 bridgehead atoms. The summed E-state index contributed by atoms with van der Waals surface area (Å²) in [4.78, 5) is 23.2. The van der Waals surface area contributed by atoms with Crippen molar-refractivity contribution in [2.45, 2.75) is 6.42 Å². The van der Waals surface area contributed by atoms with Crippen molar-refractivity contribution in [1.82, 2.24) is 0 Å². The zero-order valence-corrected chi connectivity index (χ0v) is 15.4. The van der Waals surface area contributed by atoms with E-state index >= 15 is 0 Å². The van der Waals surface area contributed by atoms with Crippen molar-refractivity contribution >= 4 is 17.9 Å². The number of hydrogen-bond donors (Lipinski definition) is 1. The van der Waals surface area contributed by atoms with Crippen molar-refractivity contribution in [3.05, 3.63) is 77.4 Å². The number of nitrogens with one attached hydrogen (secondary N) is 1. The number of carbonyl (C=O) groups excluding carboxylic acids is 2. The average Bonchev–Trinajstić information content (AvgIpc) is 3.10. The predicted molar refractivity (Wildman–Crippen MR) is 107 cm³/mol. The normalized spacial score (nSPS) is 11.3. The molecule has 28 heavy (non-hydrogen) atoms. The zero-order chi connectivity index (χ0) is 19.5. The zero-order valence-electron chi connectivity index (χ0n) is 15.4. The van der Waals surface area contributed by atoms with Crippen LogP contribution >= 0.6 is 0 Å². The summed E-state index contributed by atoms with van der Waals surface area (Å²) < 4.78 is 10.8. The van der Waals surface area contributed by atoms with E-state index in [4.69, 9.17) is 9.47 Å². The van der Waals surface area contributed by atoms with Gasteiger partial charge in [0.25, 0.3) is 5.91 Å². The minimum Gasteiger partial charge on any atom is -0.493 e. The maximum Gasteiger partial charge on any atom is 0.262 e. The van der Waals surface area contributed by atoms with Crippen LogP contribution in [0.15, 0.2) is 60.7 Å². The van der Waals surface area contributed by atoms with Crippen molar-refractivity contribution in [3.63, 3.8) is 0 Å². The minimum atomic E-state index is -0.271. The molecule has 0 unspecified atom stereocenters. The molecule has 140 valence electrons. The third-order valence-electron chi connectivity index (χ3n) is 4.76. The van der Waals surface area contributed by atoms with E-state index in [1.807, 2.05) is 30.3 Å². The first-order valence-electron chi connectivity index (χ1n) is 8.95. The molecule has 5 nitrogen and oxygen atoms in total. The van der Waals surface area contributed by atoms with E-state index in [-0.39, 0.29) is 12.5 Å². The fourth-order valence-corrected chi connectivity index (χ4v) is 3.42. The van der Waals surface area contributed by atoms with Crippen molar-refractivity contribution in [2.75, 3.05) is 19.0 Å². The van der Waals surface area contributed by atoms with Crippen molar-refractivity contribution < 1.29 is 19.1 Å². The highest BCUT2D eigenvalue weighted by Gasteiger charge is 2.18. The second kappa shape index (κ2) is 7.56. The van der Waals surface area contributed by atoms with Gasteiger partial charge in [0.15, 0.2) is 18.1 Å². The maximum absolute atomic E-state index is 12.3. The number of carbonyl (C=O) groups is 2. The van der Waals surface area contributed by atoms with Gasteiger partial charge in [-0.2, -0.15) is 0 Å². The van der Waals surface area contributed by atoms with Gasteiger partial charge in [-0.3, -0.25) is 9.59 Å². The van der Waals surface area contributed by atoms with Gasteiger partial charge in [0, 0.05) is 11.3 Å². The van der Waals surface area contributed by atoms with Crippen molar-refractivity contribution in [1.29, 1.82) is 0 Å². The number of rotatable bonds is 6. The Labute approximate surface area is 162 Å². The first-order chi connectivity index (χ1) is 13.7. The van der Waals surface area contributed by atoms with E-state index < -0.39 is 0 Å². The number of anilines is 1. The third-order valence-corrected chi connectivity index (χ3v) is 4.76. The molecule has 0 spiro atoms. The van der Waals surface area contributed by atoms with Gasteiger partial charge in [0.2, 0.25) is 0 Å². The van der Waals surface area contributed by atoms with E-state index in [9.17, 15) is 9.59 Å². The van der Waals surface area contributed by atoms with Gasteiger partial charge in [-0.15, -0.1) is 0 Å². The van der Waals surface area contributed by atoms with Crippen LogP contribution < -0.4 is 14.8 Å². The molecule has 1 aliphatic carbocycles. The molecule has 4 rings (SSSR count). The SMILES string of the molecule is COc1cc(C=O)ccc1OCC(=O)Nc1ccc2c(c1)-c1ccccc1C2. The Bertz CT molecular complexity index is 1060. The van der Waals surface area contributed by atoms with E-state index in [1.54, 1.807) is 18.2 Å². The fraction of sp³-hybridized carbons (Fsp3) is 0.130. The van der Waals surface area contributed by atoms with Gasteiger partial charge in [-0.25, -0.2) is 0 Å². The standard InChI is InChI=1S/C23H19NO4/c1-27-22-10-15(13-25)6-9-21(22)28-14-23(26)24-18-8-7-17-11-16-4-2-3-5-19(16)20(17)12-18/h2-10,12-13H,11,14H2,1H3,(H,24,26). The van der Waals surface area contributed by atoms with Crippen molar-refractivity contribution in [3.8, 4) is 22.6 Å². The minimum absolute atomic E-state index is 0.162. The van der Waals surface area contributed by atoms with E-state index in [0.29, 0.717) is 17.1 Å². The van der Waals surface area contributed by atoms with E-state index in [2.05, 4.69) is 17.4 Å². The molecule has 0 heterocycles. The second-order valence-electron chi connectivity index (χ2n) is 6.57. The number of amides is 1. The van der Waals surface area contributed by atoms with Gasteiger partial charge in [0.1, 0.15) is 6.29 Å². The first-order valence-corrected chi connectivity index (χ1v) is 8.95. The van der Waals surface area contributed by atoms with Crippen LogP contribution in [0.5, 0.6) is 11.5 Å². The number of aldehydes is 1. The van der Waals surface area contributed by atoms with E-state index in [1.165, 1.54) is 23.8 Å². The van der Waals surface area contributed by atoms with Crippen LogP contribution in [0.25, 0.3) is 11.1 Å². The Hall–Kier alpha value is -3.60. The summed E-state index contributed by atoms with van der Waals surface area (Å²) in [6.45, 7) is -0.162. The van der Waals surface area contributed by atoms with Gasteiger partial charge in [-0.05, 0) is 59.0 Å². The summed E-state index contributed by atoms with van der Waals surface area (Å²) in [5, 5.41) is 2.87. The molecule has 0 atom stereocenters. The second-order valence-corrected chi connectivity index (χ2v) is 6.57. The predicted octanol–water partition coefficient (Wildman–Crippen LogP) is 4.10. The molecule has 0 fully saturated rings. The van der Waals surface area contributed by atoms with Crippen molar-refractivity contribution in [2.24, 2.45) is 0 Å². The maximum atomic E-state index is 12.3. The fourth-order valence-electron chi connectivity index (χ4n) is 3.42. The van der Waals surface area contributed by atoms with Gasteiger partial charge in [-0.1, -0.05) is 30.3 Å². The number of methoxy groups -OCH3 is 1. The summed E-state index contributed by atoms with van der Waals surface area (Å²) in [5.41, 5.74) is 6.13. The number of benzene rings is 3. The highest BCUT2D eigenvalue weighted by Crippen LogP contribution is 2.37. The lowest BCUT2D eigenvalue weighted by atomic mass is 10.1. The number of hydrogen-bond acceptors (Lipinski definition) is 4. The highest BCUT2D eigenvalue weighted by atomic mass is 16.5. The summed E-state index contributed by atoms with van der Waals surface area (Å²) in [7, 11) is 1.49. The summed E-state index contributed by atoms with van der Waals surface area (Å²) in [5.74, 6) is 0.547. The molecular weight excluding hydrogens is 354 g/mol. The Morgan fingerprint density at radius 2 is 1.82 bits per heavy atom. The molecule has 1 N–H and O–H groups in total. The van der Waals surface area contributed by atoms with Crippen LogP contribution in [-0.2, 0) is 11.2 Å². The third kappa shape index (κ3) is 3.47. The van der Waals surface area contributed by atoms with Crippen LogP contribution in [0.2, 0.25) is 0 Å². The summed E-state index contributed by atoms with van der Waals surface area (Å²) >= 11 is 0. The van der Waals surface area contributed by atoms with Crippen LogP contribution in [-0.4, -0.2) is 25.9 Å². The van der Waals surface area contributed by atoms with Crippen LogP contribution in [0.1, 0.15) is 21.5 Å². The molecular formula is C23H19NO4. The Kier molecular flexibility index (Phi) is 4.81. The molecule has 0 saturated heterocycles. The lowest BCUT2D eigenvalue weighted by Gasteiger charge is -2.12. The first kappa shape index (κ1) is 17.8. The molecule has 5 heteroatoms. The highest BCUT2D eigenvalue weighted by molar-refractivity contribution is 5.93. The Balaban J connectivity index is 1.44. The molecule has 0 saturated carbocycles. The molecule has 0 aromatic heterocycles. The Morgan fingerprint density at radius 1 is 1.00 bits per heavy atom. The smallest absolute Gasteiger partial charge is 0.262 e. The van der Waals surface area contributed by atoms with Crippen LogP contribution in [0.3, 0.4) is 0 Å². The summed E-state index contributed by atoms with van der Waals surface area (Å²) in [6.07, 6.45) is 1.64. The average molecular weight is 373 g/mol. The van der Waals surface area contributed by atoms with Gasteiger partial charge >= 0.3 is 0 Å². The molecule has 0 radical (unpaired) electrons. The van der Waals surface area contributed by atoms with Crippen LogP contribution in [0.4, 0.5) is 5.69 Å². The molecule has 0 aliphatic heterocycles. The lowest BCUT2D eigenvalue weighted by Crippen LogP contribution is -2.20. The van der Waals surface area contributed by atoms with Gasteiger partial charge < -0.3 is 14.8 Å². The summed E-state index contributed by atoms with van der Waals surface area (Å²) in [6, 6.07) is 19.0. The molecule has 1 aliphatic rings. The molecule has 3 aromatic rings. The largest absolute Gasteiger partial charge is 0.493 e. The van der Waals surface area contributed by atoms with Crippen LogP contribution in [0, 0.1) is 0 Å².